The largest absolute Gasteiger partial charge is 0.492 e. The summed E-state index contributed by atoms with van der Waals surface area (Å²) in [4.78, 5) is 0.930. The number of sulfonamides is 1. The van der Waals surface area contributed by atoms with Crippen molar-refractivity contribution in [1.82, 2.24) is 5.32 Å². The van der Waals surface area contributed by atoms with Crippen molar-refractivity contribution in [1.29, 1.82) is 0 Å². The molecule has 0 amide bonds. The first kappa shape index (κ1) is 22.7. The summed E-state index contributed by atoms with van der Waals surface area (Å²) in [5.74, 6) is 0.771. The van der Waals surface area contributed by atoms with Gasteiger partial charge in [0.1, 0.15) is 12.4 Å². The van der Waals surface area contributed by atoms with Crippen LogP contribution in [0.4, 0.5) is 5.69 Å². The lowest BCUT2D eigenvalue weighted by atomic mass is 10.1. The molecule has 6 nitrogen and oxygen atoms in total. The predicted octanol–water partition coefficient (Wildman–Crippen LogP) is 3.62. The van der Waals surface area contributed by atoms with Crippen molar-refractivity contribution in [3.8, 4) is 16.9 Å². The Labute approximate surface area is 194 Å². The Bertz CT molecular complexity index is 1230. The number of hydrogen-bond donors (Lipinski definition) is 4. The van der Waals surface area contributed by atoms with E-state index >= 15 is 0 Å². The first-order chi connectivity index (χ1) is 15.3. The number of thiol groups is 1. The molecule has 1 aliphatic rings. The maximum atomic E-state index is 11.4. The first-order valence-corrected chi connectivity index (χ1v) is 12.7. The minimum Gasteiger partial charge on any atom is -0.492 e. The molecule has 0 aromatic heterocycles. The van der Waals surface area contributed by atoms with Crippen molar-refractivity contribution in [3.05, 3.63) is 77.4 Å². The van der Waals surface area contributed by atoms with Gasteiger partial charge in [-0.2, -0.15) is 0 Å². The van der Waals surface area contributed by atoms with Crippen LogP contribution in [0.5, 0.6) is 5.75 Å². The molecule has 1 aliphatic carbocycles. The summed E-state index contributed by atoms with van der Waals surface area (Å²) in [6, 6.07) is 19.1. The molecule has 4 rings (SSSR count). The zero-order valence-corrected chi connectivity index (χ0v) is 19.4. The lowest BCUT2D eigenvalue weighted by Crippen LogP contribution is -2.26. The van der Waals surface area contributed by atoms with E-state index < -0.39 is 16.1 Å². The van der Waals surface area contributed by atoms with E-state index in [-0.39, 0.29) is 0 Å². The van der Waals surface area contributed by atoms with Crippen molar-refractivity contribution in [2.75, 3.05) is 30.7 Å². The van der Waals surface area contributed by atoms with Gasteiger partial charge >= 0.3 is 0 Å². The van der Waals surface area contributed by atoms with Crippen LogP contribution in [-0.4, -0.2) is 39.5 Å². The van der Waals surface area contributed by atoms with Gasteiger partial charge in [-0.25, -0.2) is 8.42 Å². The highest BCUT2D eigenvalue weighted by Gasteiger charge is 2.21. The van der Waals surface area contributed by atoms with E-state index in [0.717, 1.165) is 23.3 Å². The van der Waals surface area contributed by atoms with E-state index in [9.17, 15) is 13.5 Å². The normalized spacial score (nSPS) is 13.3. The lowest BCUT2D eigenvalue weighted by Gasteiger charge is -2.15. The fourth-order valence-electron chi connectivity index (χ4n) is 3.89. The summed E-state index contributed by atoms with van der Waals surface area (Å²) in [6.45, 7) is 1.31. The van der Waals surface area contributed by atoms with Crippen LogP contribution in [0.1, 0.15) is 22.8 Å². The Kier molecular flexibility index (Phi) is 6.76. The molecule has 3 aromatic rings. The molecule has 0 radical (unpaired) electrons. The van der Waals surface area contributed by atoms with Gasteiger partial charge in [-0.1, -0.05) is 36.4 Å². The minimum atomic E-state index is -3.36. The molecular formula is C24H26N2O4S2. The third kappa shape index (κ3) is 5.45. The molecule has 3 N–H and O–H groups in total. The average molecular weight is 471 g/mol. The van der Waals surface area contributed by atoms with E-state index in [1.165, 1.54) is 22.3 Å². The van der Waals surface area contributed by atoms with Gasteiger partial charge in [0.25, 0.3) is 0 Å². The van der Waals surface area contributed by atoms with Gasteiger partial charge in [-0.3, -0.25) is 4.72 Å². The van der Waals surface area contributed by atoms with Gasteiger partial charge in [0.2, 0.25) is 10.0 Å². The van der Waals surface area contributed by atoms with E-state index in [1.807, 2.05) is 12.1 Å². The summed E-state index contributed by atoms with van der Waals surface area (Å²) in [5.41, 5.74) is 6.00. The summed E-state index contributed by atoms with van der Waals surface area (Å²) in [7, 11) is -3.36. The lowest BCUT2D eigenvalue weighted by molar-refractivity contribution is 0.172. The van der Waals surface area contributed by atoms with E-state index in [1.54, 1.807) is 24.3 Å². The van der Waals surface area contributed by atoms with Gasteiger partial charge in [0.05, 0.1) is 12.4 Å². The predicted molar refractivity (Wildman–Crippen MR) is 130 cm³/mol. The van der Waals surface area contributed by atoms with Gasteiger partial charge in [0.15, 0.2) is 0 Å². The Morgan fingerprint density at radius 3 is 2.72 bits per heavy atom. The van der Waals surface area contributed by atoms with E-state index in [4.69, 9.17) is 4.74 Å². The molecule has 0 saturated heterocycles. The number of hydrogen-bond acceptors (Lipinski definition) is 6. The average Bonchev–Trinajstić information content (AvgIpc) is 3.12. The number of aliphatic hydroxyl groups excluding tert-OH is 1. The highest BCUT2D eigenvalue weighted by Crippen LogP contribution is 2.41. The van der Waals surface area contributed by atoms with Crippen LogP contribution in [0.15, 0.2) is 65.6 Å². The van der Waals surface area contributed by atoms with Crippen LogP contribution in [0.3, 0.4) is 0 Å². The number of anilines is 1. The topological polar surface area (TPSA) is 87.7 Å². The molecule has 0 saturated carbocycles. The monoisotopic (exact) mass is 470 g/mol. The molecule has 168 valence electrons. The number of rotatable bonds is 9. The van der Waals surface area contributed by atoms with Gasteiger partial charge in [-0.05, 0) is 58.5 Å². The van der Waals surface area contributed by atoms with Crippen molar-refractivity contribution >= 4 is 28.3 Å². The van der Waals surface area contributed by atoms with Crippen molar-refractivity contribution < 1.29 is 18.3 Å². The summed E-state index contributed by atoms with van der Waals surface area (Å²) >= 11 is 4.66. The van der Waals surface area contributed by atoms with Crippen LogP contribution in [-0.2, 0) is 16.4 Å². The Hall–Kier alpha value is -2.52. The maximum absolute atomic E-state index is 11.4. The summed E-state index contributed by atoms with van der Waals surface area (Å²) in [5, 5.41) is 13.6. The number of benzene rings is 3. The molecule has 1 atom stereocenters. The zero-order chi connectivity index (χ0) is 22.7. The molecule has 0 fully saturated rings. The molecule has 0 aliphatic heterocycles. The van der Waals surface area contributed by atoms with Crippen molar-refractivity contribution in [2.45, 2.75) is 17.4 Å². The van der Waals surface area contributed by atoms with Gasteiger partial charge in [0, 0.05) is 23.7 Å². The molecule has 8 heteroatoms. The third-order valence-corrected chi connectivity index (χ3v) is 6.34. The molecule has 0 heterocycles. The molecule has 3 aromatic carbocycles. The Morgan fingerprint density at radius 2 is 1.91 bits per heavy atom. The number of aliphatic hydroxyl groups is 1. The van der Waals surface area contributed by atoms with Gasteiger partial charge in [-0.15, -0.1) is 12.6 Å². The maximum Gasteiger partial charge on any atom is 0.229 e. The highest BCUT2D eigenvalue weighted by atomic mass is 32.2. The zero-order valence-electron chi connectivity index (χ0n) is 17.7. The number of ether oxygens (including phenoxy) is 1. The summed E-state index contributed by atoms with van der Waals surface area (Å²) < 4.78 is 31.1. The molecule has 32 heavy (non-hydrogen) atoms. The van der Waals surface area contributed by atoms with Crippen LogP contribution in [0.2, 0.25) is 0 Å². The van der Waals surface area contributed by atoms with E-state index in [0.29, 0.717) is 30.9 Å². The quantitative estimate of drug-likeness (QED) is 0.222. The van der Waals surface area contributed by atoms with Gasteiger partial charge < -0.3 is 15.2 Å². The van der Waals surface area contributed by atoms with Crippen LogP contribution >= 0.6 is 12.6 Å². The number of fused-ring (bicyclic) bond motifs is 3. The third-order valence-electron chi connectivity index (χ3n) is 5.33. The summed E-state index contributed by atoms with van der Waals surface area (Å²) in [6.07, 6.45) is 1.22. The van der Waals surface area contributed by atoms with Crippen molar-refractivity contribution in [3.63, 3.8) is 0 Å². The smallest absolute Gasteiger partial charge is 0.229 e. The SMILES string of the molecule is CS(=O)(=O)Nc1cccc(C(O)CNCCOc2cc(S)c3c(c2)-c2ccccc2C3)c1. The fourth-order valence-corrected chi connectivity index (χ4v) is 4.77. The second-order valence-corrected chi connectivity index (χ2v) is 10.1. The van der Waals surface area contributed by atoms with Crippen LogP contribution in [0.25, 0.3) is 11.1 Å². The fraction of sp³-hybridized carbons (Fsp3) is 0.250. The van der Waals surface area contributed by atoms with Crippen LogP contribution in [0, 0.1) is 0 Å². The van der Waals surface area contributed by atoms with Crippen LogP contribution < -0.4 is 14.8 Å². The van der Waals surface area contributed by atoms with E-state index in [2.05, 4.69) is 46.9 Å². The van der Waals surface area contributed by atoms with Crippen molar-refractivity contribution in [2.24, 2.45) is 0 Å². The number of nitrogens with one attached hydrogen (secondary N) is 2. The molecule has 0 spiro atoms. The molecule has 0 bridgehead atoms. The standard InChI is InChI=1S/C24H26N2O4S2/c1-32(28,29)26-18-7-4-6-17(11-18)23(27)15-25-9-10-30-19-13-21-20-8-3-2-5-16(20)12-22(21)24(31)14-19/h2-8,11,13-14,23,25-27,31H,9-10,12,15H2,1H3. The highest BCUT2D eigenvalue weighted by molar-refractivity contribution is 7.92. The molecular weight excluding hydrogens is 444 g/mol. The molecule has 1 unspecified atom stereocenters. The Balaban J connectivity index is 1.29. The minimum absolute atomic E-state index is 0.321. The first-order valence-electron chi connectivity index (χ1n) is 10.3. The second-order valence-electron chi connectivity index (χ2n) is 7.87. The second kappa shape index (κ2) is 9.54. The Morgan fingerprint density at radius 1 is 1.09 bits per heavy atom.